The number of benzene rings is 2. The number of rotatable bonds is 1. The van der Waals surface area contributed by atoms with Crippen molar-refractivity contribution in [1.82, 2.24) is 10.2 Å². The fraction of sp³-hybridized carbons (Fsp3) is 0. The van der Waals surface area contributed by atoms with Gasteiger partial charge in [-0.25, -0.2) is 4.39 Å². The van der Waals surface area contributed by atoms with E-state index < -0.39 is 5.82 Å². The zero-order valence-corrected chi connectivity index (χ0v) is 10.5. The Labute approximate surface area is 113 Å². The summed E-state index contributed by atoms with van der Waals surface area (Å²) in [5, 5.41) is 9.75. The summed E-state index contributed by atoms with van der Waals surface area (Å²) < 4.78 is 13.2. The van der Waals surface area contributed by atoms with Gasteiger partial charge < -0.3 is 5.73 Å². The fourth-order valence-electron chi connectivity index (χ4n) is 1.98. The molecule has 0 bridgehead atoms. The summed E-state index contributed by atoms with van der Waals surface area (Å²) >= 11 is 5.80. The predicted octanol–water partition coefficient (Wildman–Crippen LogP) is 3.67. The number of halogens is 2. The van der Waals surface area contributed by atoms with Crippen LogP contribution in [0.5, 0.6) is 0 Å². The SMILES string of the molecule is Nc1nnc(-c2ccc(F)c(Cl)c2)c2ccccc12. The lowest BCUT2D eigenvalue weighted by Gasteiger charge is -2.07. The maximum Gasteiger partial charge on any atom is 0.154 e. The third-order valence-electron chi connectivity index (χ3n) is 2.91. The van der Waals surface area contributed by atoms with Crippen LogP contribution in [0.25, 0.3) is 22.0 Å². The zero-order valence-electron chi connectivity index (χ0n) is 9.77. The topological polar surface area (TPSA) is 51.8 Å². The van der Waals surface area contributed by atoms with Crippen LogP contribution in [0.4, 0.5) is 10.2 Å². The maximum atomic E-state index is 13.2. The van der Waals surface area contributed by atoms with Gasteiger partial charge in [0.05, 0.1) is 5.02 Å². The quantitative estimate of drug-likeness (QED) is 0.736. The second-order valence-electron chi connectivity index (χ2n) is 4.11. The molecule has 0 aliphatic rings. The van der Waals surface area contributed by atoms with E-state index in [0.717, 1.165) is 10.8 Å². The Morgan fingerprint density at radius 2 is 1.74 bits per heavy atom. The van der Waals surface area contributed by atoms with E-state index in [1.165, 1.54) is 12.1 Å². The van der Waals surface area contributed by atoms with Crippen molar-refractivity contribution in [1.29, 1.82) is 0 Å². The van der Waals surface area contributed by atoms with Crippen molar-refractivity contribution < 1.29 is 4.39 Å². The summed E-state index contributed by atoms with van der Waals surface area (Å²) in [4.78, 5) is 0. The van der Waals surface area contributed by atoms with Crippen molar-refractivity contribution in [2.24, 2.45) is 0 Å². The molecular formula is C14H9ClFN3. The predicted molar refractivity (Wildman–Crippen MR) is 74.4 cm³/mol. The van der Waals surface area contributed by atoms with Gasteiger partial charge in [-0.1, -0.05) is 35.9 Å². The molecule has 3 aromatic rings. The Kier molecular flexibility index (Phi) is 2.80. The number of nitrogen functional groups attached to an aromatic ring is 1. The van der Waals surface area contributed by atoms with Gasteiger partial charge in [-0.3, -0.25) is 0 Å². The molecule has 0 atom stereocenters. The van der Waals surface area contributed by atoms with Crippen molar-refractivity contribution in [3.63, 3.8) is 0 Å². The second-order valence-corrected chi connectivity index (χ2v) is 4.52. The van der Waals surface area contributed by atoms with Gasteiger partial charge in [-0.15, -0.1) is 10.2 Å². The summed E-state index contributed by atoms with van der Waals surface area (Å²) in [7, 11) is 0. The number of hydrogen-bond donors (Lipinski definition) is 1. The third kappa shape index (κ3) is 2.00. The number of nitrogens with two attached hydrogens (primary N) is 1. The van der Waals surface area contributed by atoms with Gasteiger partial charge in [0.25, 0.3) is 0 Å². The molecule has 0 aliphatic carbocycles. The maximum absolute atomic E-state index is 13.2. The Morgan fingerprint density at radius 3 is 2.47 bits per heavy atom. The highest BCUT2D eigenvalue weighted by Gasteiger charge is 2.10. The van der Waals surface area contributed by atoms with Gasteiger partial charge in [0, 0.05) is 16.3 Å². The minimum Gasteiger partial charge on any atom is -0.382 e. The van der Waals surface area contributed by atoms with E-state index in [1.54, 1.807) is 6.07 Å². The number of aromatic nitrogens is 2. The number of anilines is 1. The third-order valence-corrected chi connectivity index (χ3v) is 3.20. The summed E-state index contributed by atoms with van der Waals surface area (Å²) in [6.07, 6.45) is 0. The highest BCUT2D eigenvalue weighted by Crippen LogP contribution is 2.30. The molecule has 2 N–H and O–H groups in total. The van der Waals surface area contributed by atoms with E-state index in [-0.39, 0.29) is 5.02 Å². The molecule has 0 saturated carbocycles. The average molecular weight is 274 g/mol. The molecule has 0 saturated heterocycles. The molecule has 0 unspecified atom stereocenters. The van der Waals surface area contributed by atoms with Crippen molar-refractivity contribution in [3.8, 4) is 11.3 Å². The van der Waals surface area contributed by atoms with Crippen LogP contribution in [0.2, 0.25) is 5.02 Å². The van der Waals surface area contributed by atoms with Gasteiger partial charge in [0.2, 0.25) is 0 Å². The molecule has 94 valence electrons. The molecular weight excluding hydrogens is 265 g/mol. The molecule has 3 rings (SSSR count). The Morgan fingerprint density at radius 1 is 1.00 bits per heavy atom. The molecule has 1 aromatic heterocycles. The van der Waals surface area contributed by atoms with Crippen molar-refractivity contribution >= 4 is 28.2 Å². The minimum atomic E-state index is -0.460. The molecule has 5 heteroatoms. The van der Waals surface area contributed by atoms with Crippen LogP contribution in [-0.4, -0.2) is 10.2 Å². The Bertz CT molecular complexity index is 774. The normalized spacial score (nSPS) is 10.8. The molecule has 0 radical (unpaired) electrons. The van der Waals surface area contributed by atoms with Crippen LogP contribution in [0, 0.1) is 5.82 Å². The number of hydrogen-bond acceptors (Lipinski definition) is 3. The first-order valence-electron chi connectivity index (χ1n) is 5.63. The molecule has 0 fully saturated rings. The van der Waals surface area contributed by atoms with Gasteiger partial charge in [0.1, 0.15) is 11.5 Å². The minimum absolute atomic E-state index is 0.0557. The van der Waals surface area contributed by atoms with Crippen molar-refractivity contribution in [3.05, 3.63) is 53.3 Å². The number of fused-ring (bicyclic) bond motifs is 1. The molecule has 2 aromatic carbocycles. The molecule has 0 amide bonds. The highest BCUT2D eigenvalue weighted by atomic mass is 35.5. The van der Waals surface area contributed by atoms with Gasteiger partial charge in [-0.2, -0.15) is 0 Å². The second kappa shape index (κ2) is 4.48. The van der Waals surface area contributed by atoms with Crippen LogP contribution in [0.3, 0.4) is 0 Å². The summed E-state index contributed by atoms with van der Waals surface area (Å²) in [5.74, 6) is -0.0920. The van der Waals surface area contributed by atoms with Gasteiger partial charge in [0.15, 0.2) is 5.82 Å². The van der Waals surface area contributed by atoms with Gasteiger partial charge in [-0.05, 0) is 18.2 Å². The summed E-state index contributed by atoms with van der Waals surface area (Å²) in [6, 6.07) is 12.0. The van der Waals surface area contributed by atoms with Crippen LogP contribution in [-0.2, 0) is 0 Å². The Hall–Kier alpha value is -2.20. The number of nitrogens with zero attached hydrogens (tertiary/aromatic N) is 2. The van der Waals surface area contributed by atoms with Crippen LogP contribution in [0.1, 0.15) is 0 Å². The average Bonchev–Trinajstić information content (AvgIpc) is 2.43. The van der Waals surface area contributed by atoms with Crippen molar-refractivity contribution in [2.45, 2.75) is 0 Å². The first-order chi connectivity index (χ1) is 9.16. The molecule has 1 heterocycles. The first kappa shape index (κ1) is 11.9. The largest absolute Gasteiger partial charge is 0.382 e. The molecule has 19 heavy (non-hydrogen) atoms. The van der Waals surface area contributed by atoms with E-state index in [4.69, 9.17) is 17.3 Å². The zero-order chi connectivity index (χ0) is 13.4. The summed E-state index contributed by atoms with van der Waals surface area (Å²) in [6.45, 7) is 0. The van der Waals surface area contributed by atoms with E-state index in [9.17, 15) is 4.39 Å². The fourth-order valence-corrected chi connectivity index (χ4v) is 2.16. The van der Waals surface area contributed by atoms with E-state index >= 15 is 0 Å². The van der Waals surface area contributed by atoms with E-state index in [0.29, 0.717) is 17.1 Å². The van der Waals surface area contributed by atoms with Crippen LogP contribution >= 0.6 is 11.6 Å². The molecule has 3 nitrogen and oxygen atoms in total. The lowest BCUT2D eigenvalue weighted by molar-refractivity contribution is 0.628. The van der Waals surface area contributed by atoms with E-state index in [1.807, 2.05) is 24.3 Å². The molecule has 0 aliphatic heterocycles. The van der Waals surface area contributed by atoms with Crippen molar-refractivity contribution in [2.75, 3.05) is 5.73 Å². The standard InChI is InChI=1S/C14H9ClFN3/c15-11-7-8(5-6-12(11)16)13-9-3-1-2-4-10(9)14(17)19-18-13/h1-7H,(H2,17,19). The Balaban J connectivity index is 2.31. The van der Waals surface area contributed by atoms with Crippen LogP contribution < -0.4 is 5.73 Å². The lowest BCUT2D eigenvalue weighted by Crippen LogP contribution is -1.97. The smallest absolute Gasteiger partial charge is 0.154 e. The molecule has 0 spiro atoms. The highest BCUT2D eigenvalue weighted by molar-refractivity contribution is 6.31. The van der Waals surface area contributed by atoms with Crippen LogP contribution in [0.15, 0.2) is 42.5 Å². The monoisotopic (exact) mass is 273 g/mol. The van der Waals surface area contributed by atoms with Gasteiger partial charge >= 0.3 is 0 Å². The first-order valence-corrected chi connectivity index (χ1v) is 6.01. The lowest BCUT2D eigenvalue weighted by atomic mass is 10.0. The summed E-state index contributed by atoms with van der Waals surface area (Å²) in [5.41, 5.74) is 7.13. The van der Waals surface area contributed by atoms with E-state index in [2.05, 4.69) is 10.2 Å².